The third-order valence-corrected chi connectivity index (χ3v) is 6.07. The van der Waals surface area contributed by atoms with E-state index in [0.717, 1.165) is 23.6 Å². The van der Waals surface area contributed by atoms with Crippen molar-refractivity contribution in [3.05, 3.63) is 42.5 Å². The van der Waals surface area contributed by atoms with Crippen molar-refractivity contribution in [2.45, 2.75) is 19.3 Å². The van der Waals surface area contributed by atoms with Crippen LogP contribution in [0.15, 0.2) is 42.5 Å². The molecule has 4 heteroatoms. The van der Waals surface area contributed by atoms with Crippen LogP contribution in [-0.4, -0.2) is 17.6 Å². The fourth-order valence-corrected chi connectivity index (χ4v) is 5.02. The van der Waals surface area contributed by atoms with Crippen LogP contribution in [0.2, 0.25) is 0 Å². The minimum atomic E-state index is -0.434. The zero-order valence-corrected chi connectivity index (χ0v) is 13.1. The Morgan fingerprint density at radius 1 is 0.833 bits per heavy atom. The van der Waals surface area contributed by atoms with Crippen molar-refractivity contribution in [3.8, 4) is 0 Å². The Kier molecular flexibility index (Phi) is 2.76. The largest absolute Gasteiger partial charge is 0.299 e. The summed E-state index contributed by atoms with van der Waals surface area (Å²) >= 11 is 0. The zero-order chi connectivity index (χ0) is 16.4. The van der Waals surface area contributed by atoms with E-state index < -0.39 is 5.92 Å². The molecule has 24 heavy (non-hydrogen) atoms. The van der Waals surface area contributed by atoms with Gasteiger partial charge in [-0.2, -0.15) is 0 Å². The average Bonchev–Trinajstić information content (AvgIpc) is 2.88. The van der Waals surface area contributed by atoms with Crippen LogP contribution in [-0.2, 0) is 14.4 Å². The lowest BCUT2D eigenvalue weighted by atomic mass is 9.59. The van der Waals surface area contributed by atoms with Gasteiger partial charge in [0.15, 0.2) is 0 Å². The average molecular weight is 319 g/mol. The van der Waals surface area contributed by atoms with Crippen molar-refractivity contribution in [1.82, 2.24) is 0 Å². The quantitative estimate of drug-likeness (QED) is 0.759. The van der Waals surface area contributed by atoms with E-state index >= 15 is 0 Å². The number of fused-ring (bicyclic) bond motifs is 3. The van der Waals surface area contributed by atoms with Gasteiger partial charge in [-0.1, -0.05) is 36.4 Å². The second kappa shape index (κ2) is 4.76. The molecule has 4 fully saturated rings. The van der Waals surface area contributed by atoms with Gasteiger partial charge in [-0.05, 0) is 30.2 Å². The van der Waals surface area contributed by atoms with E-state index in [-0.39, 0.29) is 35.4 Å². The normalized spacial score (nSPS) is 31.8. The minimum Gasteiger partial charge on any atom is -0.299 e. The summed E-state index contributed by atoms with van der Waals surface area (Å²) in [6.07, 6.45) is 2.11. The van der Waals surface area contributed by atoms with Gasteiger partial charge in [-0.15, -0.1) is 0 Å². The number of hydrogen-bond donors (Lipinski definition) is 0. The first-order valence-electron chi connectivity index (χ1n) is 8.55. The number of imide groups is 1. The predicted molar refractivity (Wildman–Crippen MR) is 89.3 cm³/mol. The maximum Gasteiger partial charge on any atom is 0.238 e. The van der Waals surface area contributed by atoms with Crippen LogP contribution in [0.4, 0.5) is 5.69 Å². The Morgan fingerprint density at radius 3 is 2.42 bits per heavy atom. The van der Waals surface area contributed by atoms with E-state index in [2.05, 4.69) is 0 Å². The van der Waals surface area contributed by atoms with Crippen molar-refractivity contribution in [2.24, 2.45) is 23.7 Å². The van der Waals surface area contributed by atoms with Crippen LogP contribution in [0.5, 0.6) is 0 Å². The fraction of sp³-hybridized carbons (Fsp3) is 0.350. The van der Waals surface area contributed by atoms with Crippen molar-refractivity contribution in [3.63, 3.8) is 0 Å². The lowest BCUT2D eigenvalue weighted by Gasteiger charge is -2.41. The van der Waals surface area contributed by atoms with Crippen molar-refractivity contribution >= 4 is 34.1 Å². The second-order valence-electron chi connectivity index (χ2n) is 7.18. The van der Waals surface area contributed by atoms with Crippen LogP contribution in [0.1, 0.15) is 19.3 Å². The molecule has 2 aromatic rings. The Balaban J connectivity index is 1.66. The van der Waals surface area contributed by atoms with E-state index in [4.69, 9.17) is 0 Å². The lowest BCUT2D eigenvalue weighted by molar-refractivity contribution is -0.143. The number of Topliss-reactive ketones (excluding diaryl/α,β-unsaturated/α-hetero) is 1. The van der Waals surface area contributed by atoms with E-state index in [9.17, 15) is 14.4 Å². The molecule has 1 saturated heterocycles. The highest BCUT2D eigenvalue weighted by Crippen LogP contribution is 2.52. The van der Waals surface area contributed by atoms with Crippen molar-refractivity contribution in [1.29, 1.82) is 0 Å². The number of anilines is 1. The van der Waals surface area contributed by atoms with Gasteiger partial charge >= 0.3 is 0 Å². The maximum absolute atomic E-state index is 13.1. The molecule has 3 aliphatic carbocycles. The second-order valence-corrected chi connectivity index (χ2v) is 7.18. The van der Waals surface area contributed by atoms with Crippen molar-refractivity contribution < 1.29 is 14.4 Å². The van der Waals surface area contributed by atoms with Gasteiger partial charge < -0.3 is 0 Å². The molecule has 120 valence electrons. The number of benzene rings is 2. The van der Waals surface area contributed by atoms with Gasteiger partial charge in [0.1, 0.15) is 5.78 Å². The number of amides is 2. The Morgan fingerprint density at radius 2 is 1.58 bits per heavy atom. The molecule has 0 radical (unpaired) electrons. The highest BCUT2D eigenvalue weighted by atomic mass is 16.2. The topological polar surface area (TPSA) is 54.5 Å². The molecular weight excluding hydrogens is 302 g/mol. The zero-order valence-electron chi connectivity index (χ0n) is 13.1. The molecule has 0 spiro atoms. The number of ketones is 1. The van der Waals surface area contributed by atoms with E-state index in [0.29, 0.717) is 12.1 Å². The van der Waals surface area contributed by atoms with Gasteiger partial charge in [0.05, 0.1) is 17.5 Å². The molecule has 2 amide bonds. The molecule has 4 atom stereocenters. The van der Waals surface area contributed by atoms with Crippen LogP contribution >= 0.6 is 0 Å². The minimum absolute atomic E-state index is 0.0453. The number of carbonyl (C=O) groups excluding carboxylic acids is 3. The lowest BCUT2D eigenvalue weighted by Crippen LogP contribution is -2.46. The molecule has 2 bridgehead atoms. The third-order valence-electron chi connectivity index (χ3n) is 6.07. The summed E-state index contributed by atoms with van der Waals surface area (Å²) in [6, 6.07) is 13.5. The summed E-state index contributed by atoms with van der Waals surface area (Å²) in [5.41, 5.74) is 0.657. The van der Waals surface area contributed by atoms with Gasteiger partial charge in [-0.25, -0.2) is 4.90 Å². The highest BCUT2D eigenvalue weighted by Gasteiger charge is 2.61. The first kappa shape index (κ1) is 13.9. The standard InChI is InChI=1S/C20H17NO3/c22-16-10-12-8-9-14(16)18-17(12)19(23)21(20(18)24)15-7-3-5-11-4-1-2-6-13(11)15/h1-7,12,14,17-18H,8-10H2/t12-,14+,17+,18-/m0/s1. The molecule has 2 aromatic carbocycles. The summed E-state index contributed by atoms with van der Waals surface area (Å²) in [5.74, 6) is -1.05. The molecule has 1 heterocycles. The third kappa shape index (κ3) is 1.66. The Labute approximate surface area is 139 Å². The predicted octanol–water partition coefficient (Wildman–Crippen LogP) is 2.94. The summed E-state index contributed by atoms with van der Waals surface area (Å²) in [5, 5.41) is 1.91. The van der Waals surface area contributed by atoms with Crippen LogP contribution in [0.25, 0.3) is 10.8 Å². The highest BCUT2D eigenvalue weighted by molar-refractivity contribution is 6.26. The molecule has 3 saturated carbocycles. The first-order chi connectivity index (χ1) is 11.7. The van der Waals surface area contributed by atoms with Gasteiger partial charge in [0, 0.05) is 17.7 Å². The van der Waals surface area contributed by atoms with E-state index in [1.807, 2.05) is 42.5 Å². The van der Waals surface area contributed by atoms with E-state index in [1.165, 1.54) is 4.90 Å². The number of nitrogens with zero attached hydrogens (tertiary/aromatic N) is 1. The molecule has 0 aromatic heterocycles. The van der Waals surface area contributed by atoms with Crippen LogP contribution in [0, 0.1) is 23.7 Å². The molecular formula is C20H17NO3. The first-order valence-corrected chi connectivity index (χ1v) is 8.55. The van der Waals surface area contributed by atoms with E-state index in [1.54, 1.807) is 0 Å². The van der Waals surface area contributed by atoms with Gasteiger partial charge in [0.25, 0.3) is 0 Å². The molecule has 6 rings (SSSR count). The molecule has 4 nitrogen and oxygen atoms in total. The molecule has 0 unspecified atom stereocenters. The van der Waals surface area contributed by atoms with Crippen LogP contribution < -0.4 is 4.90 Å². The van der Waals surface area contributed by atoms with Gasteiger partial charge in [-0.3, -0.25) is 14.4 Å². The maximum atomic E-state index is 13.1. The summed E-state index contributed by atoms with van der Waals surface area (Å²) in [6.45, 7) is 0. The smallest absolute Gasteiger partial charge is 0.238 e. The van der Waals surface area contributed by atoms with Gasteiger partial charge in [0.2, 0.25) is 11.8 Å². The summed E-state index contributed by atoms with van der Waals surface area (Å²) in [7, 11) is 0. The molecule has 4 aliphatic rings. The fourth-order valence-electron chi connectivity index (χ4n) is 5.02. The molecule has 1 aliphatic heterocycles. The SMILES string of the molecule is O=C1C[C@@H]2CC[C@H]1[C@@H]1C(=O)N(c3cccc4ccccc34)C(=O)[C@H]21. The molecule has 0 N–H and O–H groups in total. The number of carbonyl (C=O) groups is 3. The van der Waals surface area contributed by atoms with Crippen LogP contribution in [0.3, 0.4) is 0 Å². The summed E-state index contributed by atoms with van der Waals surface area (Å²) < 4.78 is 0. The monoisotopic (exact) mass is 319 g/mol. The Hall–Kier alpha value is -2.49. The Bertz CT molecular complexity index is 897. The number of rotatable bonds is 1. The van der Waals surface area contributed by atoms with Crippen molar-refractivity contribution in [2.75, 3.05) is 4.90 Å². The number of hydrogen-bond acceptors (Lipinski definition) is 3. The summed E-state index contributed by atoms with van der Waals surface area (Å²) in [4.78, 5) is 39.8.